The van der Waals surface area contributed by atoms with Crippen LogP contribution in [0.5, 0.6) is 0 Å². The summed E-state index contributed by atoms with van der Waals surface area (Å²) in [5, 5.41) is 17.8. The highest BCUT2D eigenvalue weighted by atomic mass is 16.2. The molecule has 0 fully saturated rings. The van der Waals surface area contributed by atoms with Gasteiger partial charge in [-0.25, -0.2) is 0 Å². The Balaban J connectivity index is 4.48. The fourth-order valence-corrected chi connectivity index (χ4v) is 3.59. The SMILES string of the molecule is CCNC(=O)CCNCCN(CCNCCN(CCC(=O)NCC)CCC(=O)NCC)CCC(=O)NC. The lowest BCUT2D eigenvalue weighted by atomic mass is 10.3. The van der Waals surface area contributed by atoms with Crippen LogP contribution in [0.3, 0.4) is 0 Å². The molecule has 0 aromatic heterocycles. The van der Waals surface area contributed by atoms with Crippen LogP contribution in [0, 0.1) is 0 Å². The van der Waals surface area contributed by atoms with E-state index in [4.69, 9.17) is 0 Å². The molecule has 216 valence electrons. The first-order chi connectivity index (χ1) is 17.9. The summed E-state index contributed by atoms with van der Waals surface area (Å²) < 4.78 is 0. The summed E-state index contributed by atoms with van der Waals surface area (Å²) in [5.41, 5.74) is 0. The molecule has 0 atom stereocenters. The molecule has 6 N–H and O–H groups in total. The Morgan fingerprint density at radius 2 is 0.838 bits per heavy atom. The van der Waals surface area contributed by atoms with E-state index in [9.17, 15) is 19.2 Å². The first kappa shape index (κ1) is 34.7. The highest BCUT2D eigenvalue weighted by Crippen LogP contribution is 1.96. The molecule has 0 aromatic carbocycles. The molecular formula is C25H52N8O4. The summed E-state index contributed by atoms with van der Waals surface area (Å²) in [5.74, 6) is 0.0911. The average molecular weight is 529 g/mol. The number of carbonyl (C=O) groups is 4. The van der Waals surface area contributed by atoms with Gasteiger partial charge < -0.3 is 41.7 Å². The largest absolute Gasteiger partial charge is 0.359 e. The van der Waals surface area contributed by atoms with E-state index in [2.05, 4.69) is 41.7 Å². The highest BCUT2D eigenvalue weighted by molar-refractivity contribution is 5.77. The zero-order chi connectivity index (χ0) is 27.7. The van der Waals surface area contributed by atoms with Crippen molar-refractivity contribution in [2.75, 3.05) is 92.1 Å². The van der Waals surface area contributed by atoms with E-state index >= 15 is 0 Å². The summed E-state index contributed by atoms with van der Waals surface area (Å²) >= 11 is 0. The molecule has 0 heterocycles. The molecule has 12 nitrogen and oxygen atoms in total. The third kappa shape index (κ3) is 21.5. The van der Waals surface area contributed by atoms with Gasteiger partial charge in [-0.15, -0.1) is 0 Å². The monoisotopic (exact) mass is 528 g/mol. The van der Waals surface area contributed by atoms with Crippen LogP contribution >= 0.6 is 0 Å². The minimum Gasteiger partial charge on any atom is -0.359 e. The Hall–Kier alpha value is -2.28. The Bertz CT molecular complexity index is 614. The van der Waals surface area contributed by atoms with E-state index in [1.165, 1.54) is 0 Å². The van der Waals surface area contributed by atoms with Gasteiger partial charge in [-0.2, -0.15) is 0 Å². The summed E-state index contributed by atoms with van der Waals surface area (Å²) in [4.78, 5) is 51.4. The molecule has 12 heteroatoms. The van der Waals surface area contributed by atoms with Crippen LogP contribution in [0.4, 0.5) is 0 Å². The molecule has 37 heavy (non-hydrogen) atoms. The number of amides is 4. The molecule has 0 bridgehead atoms. The van der Waals surface area contributed by atoms with Crippen LogP contribution in [-0.4, -0.2) is 126 Å². The van der Waals surface area contributed by atoms with Crippen molar-refractivity contribution < 1.29 is 19.2 Å². The van der Waals surface area contributed by atoms with Crippen molar-refractivity contribution >= 4 is 23.6 Å². The van der Waals surface area contributed by atoms with E-state index in [1.807, 2.05) is 20.8 Å². The van der Waals surface area contributed by atoms with E-state index < -0.39 is 0 Å². The van der Waals surface area contributed by atoms with Gasteiger partial charge in [0.25, 0.3) is 0 Å². The fraction of sp³-hybridized carbons (Fsp3) is 0.840. The van der Waals surface area contributed by atoms with Crippen LogP contribution in [0.1, 0.15) is 46.5 Å². The van der Waals surface area contributed by atoms with Crippen LogP contribution in [0.25, 0.3) is 0 Å². The second-order valence-electron chi connectivity index (χ2n) is 8.72. The van der Waals surface area contributed by atoms with Crippen LogP contribution in [-0.2, 0) is 19.2 Å². The number of rotatable bonds is 24. The van der Waals surface area contributed by atoms with E-state index in [1.54, 1.807) is 7.05 Å². The summed E-state index contributed by atoms with van der Waals surface area (Å²) in [6.07, 6.45) is 1.69. The predicted molar refractivity (Wildman–Crippen MR) is 147 cm³/mol. The Morgan fingerprint density at radius 3 is 1.24 bits per heavy atom. The fourth-order valence-electron chi connectivity index (χ4n) is 3.59. The van der Waals surface area contributed by atoms with Gasteiger partial charge >= 0.3 is 0 Å². The van der Waals surface area contributed by atoms with Crippen molar-refractivity contribution in [3.8, 4) is 0 Å². The molecule has 0 saturated heterocycles. The standard InChI is InChI=1S/C25H52N8O4/c1-5-29-23(35)8-12-27-13-20-33(16-9-22(34)26-4)21-15-28-14-19-32(17-10-24(36)30-6-2)18-11-25(37)31-7-3/h27-28H,5-21H2,1-4H3,(H,26,34)(H,29,35)(H,30,36)(H,31,37). The molecule has 0 rings (SSSR count). The van der Waals surface area contributed by atoms with E-state index in [0.717, 1.165) is 39.3 Å². The first-order valence-electron chi connectivity index (χ1n) is 13.7. The van der Waals surface area contributed by atoms with Gasteiger partial charge in [0.1, 0.15) is 0 Å². The minimum absolute atomic E-state index is 0.0111. The quantitative estimate of drug-likeness (QED) is 0.0829. The molecule has 0 aromatic rings. The maximum Gasteiger partial charge on any atom is 0.221 e. The third-order valence-corrected chi connectivity index (χ3v) is 5.71. The summed E-state index contributed by atoms with van der Waals surface area (Å²) in [7, 11) is 1.64. The van der Waals surface area contributed by atoms with E-state index in [0.29, 0.717) is 71.5 Å². The molecule has 0 saturated carbocycles. The number of hydrogen-bond donors (Lipinski definition) is 6. The molecule has 0 radical (unpaired) electrons. The number of nitrogens with one attached hydrogen (secondary N) is 6. The maximum absolute atomic E-state index is 11.9. The van der Waals surface area contributed by atoms with Gasteiger partial charge in [0.2, 0.25) is 23.6 Å². The second kappa shape index (κ2) is 24.1. The van der Waals surface area contributed by atoms with Crippen molar-refractivity contribution in [3.63, 3.8) is 0 Å². The summed E-state index contributed by atoms with van der Waals surface area (Å²) in [6, 6.07) is 0. The topological polar surface area (TPSA) is 147 Å². The molecular weight excluding hydrogens is 476 g/mol. The lowest BCUT2D eigenvalue weighted by Gasteiger charge is -2.24. The zero-order valence-electron chi connectivity index (χ0n) is 23.5. The normalized spacial score (nSPS) is 11.0. The lowest BCUT2D eigenvalue weighted by molar-refractivity contribution is -0.122. The molecule has 0 spiro atoms. The van der Waals surface area contributed by atoms with Gasteiger partial charge in [0.05, 0.1) is 0 Å². The molecule has 0 unspecified atom stereocenters. The molecule has 0 aliphatic heterocycles. The predicted octanol–water partition coefficient (Wildman–Crippen LogP) is -1.52. The minimum atomic E-state index is 0.0111. The smallest absolute Gasteiger partial charge is 0.221 e. The van der Waals surface area contributed by atoms with Gasteiger partial charge in [-0.1, -0.05) is 0 Å². The van der Waals surface area contributed by atoms with Crippen molar-refractivity contribution in [1.29, 1.82) is 0 Å². The summed E-state index contributed by atoms with van der Waals surface area (Å²) in [6.45, 7) is 14.6. The maximum atomic E-state index is 11.9. The van der Waals surface area contributed by atoms with Gasteiger partial charge in [0, 0.05) is 118 Å². The Labute approximate surface area is 223 Å². The second-order valence-corrected chi connectivity index (χ2v) is 8.72. The number of hydrogen-bond acceptors (Lipinski definition) is 8. The van der Waals surface area contributed by atoms with Crippen molar-refractivity contribution in [2.45, 2.75) is 46.5 Å². The van der Waals surface area contributed by atoms with Crippen LogP contribution in [0.15, 0.2) is 0 Å². The Morgan fingerprint density at radius 1 is 0.486 bits per heavy atom. The molecule has 0 aliphatic carbocycles. The zero-order valence-corrected chi connectivity index (χ0v) is 23.5. The van der Waals surface area contributed by atoms with E-state index in [-0.39, 0.29) is 23.6 Å². The third-order valence-electron chi connectivity index (χ3n) is 5.71. The number of nitrogens with zero attached hydrogens (tertiary/aromatic N) is 2. The van der Waals surface area contributed by atoms with Gasteiger partial charge in [0.15, 0.2) is 0 Å². The highest BCUT2D eigenvalue weighted by Gasteiger charge is 2.11. The number of carbonyl (C=O) groups excluding carboxylic acids is 4. The molecule has 4 amide bonds. The van der Waals surface area contributed by atoms with Crippen molar-refractivity contribution in [3.05, 3.63) is 0 Å². The van der Waals surface area contributed by atoms with Gasteiger partial charge in [-0.3, -0.25) is 19.2 Å². The Kier molecular flexibility index (Phi) is 22.6. The van der Waals surface area contributed by atoms with Crippen molar-refractivity contribution in [1.82, 2.24) is 41.7 Å². The first-order valence-corrected chi connectivity index (χ1v) is 13.7. The average Bonchev–Trinajstić information content (AvgIpc) is 2.87. The van der Waals surface area contributed by atoms with Crippen LogP contribution in [0.2, 0.25) is 0 Å². The lowest BCUT2D eigenvalue weighted by Crippen LogP contribution is -2.41. The molecule has 0 aliphatic rings. The van der Waals surface area contributed by atoms with Crippen LogP contribution < -0.4 is 31.9 Å². The van der Waals surface area contributed by atoms with Crippen molar-refractivity contribution in [2.24, 2.45) is 0 Å². The van der Waals surface area contributed by atoms with Gasteiger partial charge in [-0.05, 0) is 20.8 Å².